The van der Waals surface area contributed by atoms with Crippen molar-refractivity contribution in [2.75, 3.05) is 19.0 Å². The first-order chi connectivity index (χ1) is 15.6. The molecule has 7 nitrogen and oxygen atoms in total. The zero-order valence-corrected chi connectivity index (χ0v) is 19.0. The van der Waals surface area contributed by atoms with E-state index in [1.54, 1.807) is 25.6 Å². The maximum absolute atomic E-state index is 5.95. The second kappa shape index (κ2) is 10.5. The van der Waals surface area contributed by atoms with Crippen LogP contribution in [0, 0.1) is 0 Å². The van der Waals surface area contributed by atoms with E-state index in [2.05, 4.69) is 44.5 Å². The maximum atomic E-state index is 5.95. The molecule has 1 atom stereocenters. The molecule has 0 aliphatic carbocycles. The Kier molecular flexibility index (Phi) is 7.29. The third kappa shape index (κ3) is 5.60. The van der Waals surface area contributed by atoms with Crippen molar-refractivity contribution in [3.05, 3.63) is 71.7 Å². The first kappa shape index (κ1) is 22.2. The van der Waals surface area contributed by atoms with Crippen molar-refractivity contribution in [3.63, 3.8) is 0 Å². The van der Waals surface area contributed by atoms with Crippen molar-refractivity contribution < 1.29 is 9.47 Å². The van der Waals surface area contributed by atoms with Gasteiger partial charge in [-0.25, -0.2) is 15.0 Å². The van der Waals surface area contributed by atoms with Crippen LogP contribution in [0.15, 0.2) is 54.9 Å². The zero-order valence-electron chi connectivity index (χ0n) is 19.0. The van der Waals surface area contributed by atoms with Gasteiger partial charge in [0.2, 0.25) is 5.95 Å². The van der Waals surface area contributed by atoms with Gasteiger partial charge in [-0.15, -0.1) is 0 Å². The smallest absolute Gasteiger partial charge is 0.228 e. The molecule has 32 heavy (non-hydrogen) atoms. The average Bonchev–Trinajstić information content (AvgIpc) is 3.24. The Bertz CT molecular complexity index is 1010. The minimum absolute atomic E-state index is 0.132. The number of hydrogen-bond donors (Lipinski definition) is 1. The van der Waals surface area contributed by atoms with Crippen molar-refractivity contribution in [3.8, 4) is 5.75 Å². The van der Waals surface area contributed by atoms with Crippen LogP contribution < -0.4 is 10.1 Å². The van der Waals surface area contributed by atoms with Crippen molar-refractivity contribution >= 4 is 11.8 Å². The van der Waals surface area contributed by atoms with Gasteiger partial charge in [-0.05, 0) is 69.1 Å². The summed E-state index contributed by atoms with van der Waals surface area (Å²) >= 11 is 0. The van der Waals surface area contributed by atoms with E-state index in [1.807, 2.05) is 26.0 Å². The number of methoxy groups -OCH3 is 1. The van der Waals surface area contributed by atoms with E-state index >= 15 is 0 Å². The molecule has 3 aromatic rings. The molecule has 1 aliphatic rings. The monoisotopic (exact) mass is 433 g/mol. The largest absolute Gasteiger partial charge is 0.491 e. The van der Waals surface area contributed by atoms with Gasteiger partial charge in [-0.2, -0.15) is 0 Å². The summed E-state index contributed by atoms with van der Waals surface area (Å²) in [6.45, 7) is 6.54. The van der Waals surface area contributed by atoms with Crippen LogP contribution in [0.5, 0.6) is 5.75 Å². The first-order valence-corrected chi connectivity index (χ1v) is 11.1. The molecule has 4 rings (SSSR count). The van der Waals surface area contributed by atoms with Crippen LogP contribution in [0.1, 0.15) is 49.6 Å². The Balaban J connectivity index is 1.49. The molecular weight excluding hydrogens is 402 g/mol. The Morgan fingerprint density at radius 1 is 1.12 bits per heavy atom. The van der Waals surface area contributed by atoms with Gasteiger partial charge in [0.05, 0.1) is 24.4 Å². The molecule has 7 heteroatoms. The predicted octanol–water partition coefficient (Wildman–Crippen LogP) is 4.89. The van der Waals surface area contributed by atoms with E-state index in [4.69, 9.17) is 14.5 Å². The number of anilines is 2. The lowest BCUT2D eigenvalue weighted by atomic mass is 10.1. The standard InChI is InChI=1S/C25H31N5O2/c1-18(2)32-23-11-10-19(15-20(23)17-31-3)16-30-14-5-8-22(30)21-7-4-9-24(28-21)29-25-26-12-6-13-27-25/h4,6-7,9-13,15,18,22H,5,8,14,16-17H2,1-3H3,(H,26,27,28,29)/t22-/m0/s1. The molecule has 3 heterocycles. The maximum Gasteiger partial charge on any atom is 0.228 e. The lowest BCUT2D eigenvalue weighted by Crippen LogP contribution is -2.23. The van der Waals surface area contributed by atoms with Gasteiger partial charge >= 0.3 is 0 Å². The number of ether oxygens (including phenoxy) is 2. The number of rotatable bonds is 9. The number of likely N-dealkylation sites (tertiary alicyclic amines) is 1. The molecule has 1 saturated heterocycles. The minimum Gasteiger partial charge on any atom is -0.491 e. The second-order valence-corrected chi connectivity index (χ2v) is 8.32. The number of aromatic nitrogens is 3. The fourth-order valence-electron chi connectivity index (χ4n) is 4.14. The highest BCUT2D eigenvalue weighted by Gasteiger charge is 2.27. The van der Waals surface area contributed by atoms with Crippen LogP contribution in [-0.4, -0.2) is 39.6 Å². The zero-order chi connectivity index (χ0) is 22.3. The highest BCUT2D eigenvalue weighted by molar-refractivity contribution is 5.47. The molecule has 2 aromatic heterocycles. The summed E-state index contributed by atoms with van der Waals surface area (Å²) in [5.74, 6) is 2.21. The van der Waals surface area contributed by atoms with Crippen molar-refractivity contribution in [2.24, 2.45) is 0 Å². The van der Waals surface area contributed by atoms with Crippen molar-refractivity contribution in [1.29, 1.82) is 0 Å². The number of nitrogens with one attached hydrogen (secondary N) is 1. The molecule has 1 N–H and O–H groups in total. The minimum atomic E-state index is 0.132. The van der Waals surface area contributed by atoms with Gasteiger partial charge in [0.1, 0.15) is 11.6 Å². The molecule has 1 aliphatic heterocycles. The summed E-state index contributed by atoms with van der Waals surface area (Å²) in [4.78, 5) is 15.8. The highest BCUT2D eigenvalue weighted by atomic mass is 16.5. The van der Waals surface area contributed by atoms with Gasteiger partial charge in [-0.1, -0.05) is 12.1 Å². The van der Waals surface area contributed by atoms with E-state index in [9.17, 15) is 0 Å². The molecule has 0 saturated carbocycles. The van der Waals surface area contributed by atoms with Gasteiger partial charge in [0, 0.05) is 31.6 Å². The number of nitrogens with zero attached hydrogens (tertiary/aromatic N) is 4. The molecule has 0 radical (unpaired) electrons. The molecular formula is C25H31N5O2. The summed E-state index contributed by atoms with van der Waals surface area (Å²) in [5, 5.41) is 3.20. The van der Waals surface area contributed by atoms with Crippen molar-refractivity contribution in [2.45, 2.75) is 52.0 Å². The normalized spacial score (nSPS) is 16.4. The van der Waals surface area contributed by atoms with Gasteiger partial charge < -0.3 is 14.8 Å². The van der Waals surface area contributed by atoms with E-state index < -0.39 is 0 Å². The molecule has 0 spiro atoms. The topological polar surface area (TPSA) is 72.4 Å². The van der Waals surface area contributed by atoms with Crippen LogP contribution in [0.25, 0.3) is 0 Å². The molecule has 0 amide bonds. The lowest BCUT2D eigenvalue weighted by molar-refractivity contribution is 0.174. The summed E-state index contributed by atoms with van der Waals surface area (Å²) in [7, 11) is 1.72. The summed E-state index contributed by atoms with van der Waals surface area (Å²) in [6.07, 6.45) is 5.82. The van der Waals surface area contributed by atoms with Crippen molar-refractivity contribution in [1.82, 2.24) is 19.9 Å². The number of pyridine rings is 1. The van der Waals surface area contributed by atoms with Crippen LogP contribution in [-0.2, 0) is 17.9 Å². The van der Waals surface area contributed by atoms with E-state index in [-0.39, 0.29) is 12.1 Å². The van der Waals surface area contributed by atoms with E-state index in [1.165, 1.54) is 5.56 Å². The Morgan fingerprint density at radius 2 is 1.97 bits per heavy atom. The SMILES string of the molecule is COCc1cc(CN2CCC[C@H]2c2cccc(Nc3ncccn3)n2)ccc1OC(C)C. The molecule has 0 bridgehead atoms. The fourth-order valence-corrected chi connectivity index (χ4v) is 4.14. The fraction of sp³-hybridized carbons (Fsp3) is 0.400. The van der Waals surface area contributed by atoms with E-state index in [0.717, 1.165) is 48.8 Å². The van der Waals surface area contributed by atoms with Crippen LogP contribution in [0.2, 0.25) is 0 Å². The number of benzene rings is 1. The molecule has 1 fully saturated rings. The third-order valence-electron chi connectivity index (χ3n) is 5.45. The van der Waals surface area contributed by atoms with Gasteiger partial charge in [0.25, 0.3) is 0 Å². The second-order valence-electron chi connectivity index (χ2n) is 8.32. The predicted molar refractivity (Wildman–Crippen MR) is 125 cm³/mol. The molecule has 168 valence electrons. The first-order valence-electron chi connectivity index (χ1n) is 11.1. The Labute approximate surface area is 189 Å². The van der Waals surface area contributed by atoms with E-state index in [0.29, 0.717) is 12.6 Å². The summed E-state index contributed by atoms with van der Waals surface area (Å²) in [6, 6.07) is 14.6. The third-order valence-corrected chi connectivity index (χ3v) is 5.45. The Hall–Kier alpha value is -3.03. The highest BCUT2D eigenvalue weighted by Crippen LogP contribution is 2.33. The number of hydrogen-bond acceptors (Lipinski definition) is 7. The van der Waals surface area contributed by atoms with Gasteiger partial charge in [-0.3, -0.25) is 4.90 Å². The van der Waals surface area contributed by atoms with Crippen LogP contribution >= 0.6 is 0 Å². The average molecular weight is 434 g/mol. The Morgan fingerprint density at radius 3 is 2.75 bits per heavy atom. The van der Waals surface area contributed by atoms with Crippen LogP contribution in [0.3, 0.4) is 0 Å². The van der Waals surface area contributed by atoms with Gasteiger partial charge in [0.15, 0.2) is 0 Å². The summed E-state index contributed by atoms with van der Waals surface area (Å²) < 4.78 is 11.4. The lowest BCUT2D eigenvalue weighted by Gasteiger charge is -2.25. The summed E-state index contributed by atoms with van der Waals surface area (Å²) in [5.41, 5.74) is 3.41. The molecule has 0 unspecified atom stereocenters. The van der Waals surface area contributed by atoms with Crippen LogP contribution in [0.4, 0.5) is 11.8 Å². The quantitative estimate of drug-likeness (QED) is 0.515. The molecule has 1 aromatic carbocycles.